The lowest BCUT2D eigenvalue weighted by atomic mass is 10.2. The maximum Gasteiger partial charge on any atom is 0.261 e. The number of rotatable bonds is 4. The molecule has 1 amide bonds. The maximum absolute atomic E-state index is 12.8. The first-order chi connectivity index (χ1) is 12.4. The number of fused-ring (bicyclic) bond motifs is 1. The fraction of sp³-hybridized carbons (Fsp3) is 0.278. The minimum absolute atomic E-state index is 0.0275. The molecule has 0 radical (unpaired) electrons. The number of amides is 1. The number of benzene rings is 2. The van der Waals surface area contributed by atoms with E-state index in [1.807, 2.05) is 0 Å². The number of nitrogens with one attached hydrogen (secondary N) is 1. The molecule has 0 unspecified atom stereocenters. The zero-order valence-corrected chi connectivity index (χ0v) is 15.4. The summed E-state index contributed by atoms with van der Waals surface area (Å²) >= 11 is 6.18. The molecule has 26 heavy (non-hydrogen) atoms. The van der Waals surface area contributed by atoms with Crippen LogP contribution in [0.5, 0.6) is 5.75 Å². The number of hydrogen-bond donors (Lipinski definition) is 1. The van der Waals surface area contributed by atoms with Gasteiger partial charge >= 0.3 is 0 Å². The van der Waals surface area contributed by atoms with E-state index < -0.39 is 10.0 Å². The van der Waals surface area contributed by atoms with Crippen LogP contribution in [0.3, 0.4) is 0 Å². The number of halogens is 1. The predicted octanol–water partition coefficient (Wildman–Crippen LogP) is 3.20. The second kappa shape index (κ2) is 6.48. The highest BCUT2D eigenvalue weighted by Crippen LogP contribution is 2.33. The SMILES string of the molecule is O=C1CCCN1c1ccc(Cl)c(NS(=O)(=O)c2ccc3c(c2)CCO3)c1. The van der Waals surface area contributed by atoms with Gasteiger partial charge in [0.25, 0.3) is 10.0 Å². The standard InChI is InChI=1S/C18H17ClN2O4S/c19-15-5-3-13(21-8-1-2-18(21)22)11-16(15)20-26(23,24)14-4-6-17-12(10-14)7-9-25-17/h3-6,10-11,20H,1-2,7-9H2. The third-order valence-electron chi connectivity index (χ3n) is 4.55. The number of carbonyl (C=O) groups is 1. The van der Waals surface area contributed by atoms with Crippen molar-refractivity contribution in [3.05, 3.63) is 47.0 Å². The second-order valence-electron chi connectivity index (χ2n) is 6.29. The molecule has 0 aliphatic carbocycles. The summed E-state index contributed by atoms with van der Waals surface area (Å²) < 4.78 is 33.5. The Balaban J connectivity index is 1.64. The lowest BCUT2D eigenvalue weighted by molar-refractivity contribution is -0.117. The van der Waals surface area contributed by atoms with E-state index in [0.29, 0.717) is 31.7 Å². The molecule has 2 aliphatic heterocycles. The summed E-state index contributed by atoms with van der Waals surface area (Å²) in [6.07, 6.45) is 1.98. The molecule has 4 rings (SSSR count). The van der Waals surface area contributed by atoms with Gasteiger partial charge in [0.2, 0.25) is 5.91 Å². The van der Waals surface area contributed by atoms with E-state index in [4.69, 9.17) is 16.3 Å². The highest BCUT2D eigenvalue weighted by Gasteiger charge is 2.24. The molecule has 1 saturated heterocycles. The molecule has 1 fully saturated rings. The molecule has 0 aromatic heterocycles. The van der Waals surface area contributed by atoms with Crippen LogP contribution in [0.1, 0.15) is 18.4 Å². The third-order valence-corrected chi connectivity index (χ3v) is 6.24. The summed E-state index contributed by atoms with van der Waals surface area (Å²) in [7, 11) is -3.80. The molecule has 8 heteroatoms. The van der Waals surface area contributed by atoms with E-state index in [1.54, 1.807) is 35.2 Å². The first kappa shape index (κ1) is 17.2. The predicted molar refractivity (Wildman–Crippen MR) is 99.5 cm³/mol. The van der Waals surface area contributed by atoms with Crippen LogP contribution in [0.25, 0.3) is 0 Å². The van der Waals surface area contributed by atoms with Gasteiger partial charge in [-0.25, -0.2) is 8.42 Å². The van der Waals surface area contributed by atoms with Crippen molar-refractivity contribution in [2.45, 2.75) is 24.2 Å². The first-order valence-electron chi connectivity index (χ1n) is 8.32. The minimum Gasteiger partial charge on any atom is -0.493 e. The molecule has 2 aromatic rings. The topological polar surface area (TPSA) is 75.7 Å². The molecule has 136 valence electrons. The highest BCUT2D eigenvalue weighted by atomic mass is 35.5. The summed E-state index contributed by atoms with van der Waals surface area (Å²) in [6, 6.07) is 9.70. The van der Waals surface area contributed by atoms with Crippen molar-refractivity contribution in [3.8, 4) is 5.75 Å². The van der Waals surface area contributed by atoms with Crippen LogP contribution in [0, 0.1) is 0 Å². The number of hydrogen-bond acceptors (Lipinski definition) is 4. The Hall–Kier alpha value is -2.25. The van der Waals surface area contributed by atoms with Crippen LogP contribution in [0.2, 0.25) is 5.02 Å². The maximum atomic E-state index is 12.8. The average Bonchev–Trinajstić information content (AvgIpc) is 3.24. The van der Waals surface area contributed by atoms with Crippen LogP contribution in [0.4, 0.5) is 11.4 Å². The summed E-state index contributed by atoms with van der Waals surface area (Å²) in [5, 5.41) is 0.272. The molecule has 0 saturated carbocycles. The largest absolute Gasteiger partial charge is 0.493 e. The van der Waals surface area contributed by atoms with E-state index >= 15 is 0 Å². The van der Waals surface area contributed by atoms with Crippen LogP contribution in [-0.2, 0) is 21.2 Å². The Labute approximate surface area is 156 Å². The van der Waals surface area contributed by atoms with E-state index in [9.17, 15) is 13.2 Å². The number of sulfonamides is 1. The third kappa shape index (κ3) is 3.12. The van der Waals surface area contributed by atoms with Gasteiger partial charge in [0.05, 0.1) is 22.2 Å². The van der Waals surface area contributed by atoms with Crippen LogP contribution in [0.15, 0.2) is 41.3 Å². The van der Waals surface area contributed by atoms with E-state index in [2.05, 4.69) is 4.72 Å². The normalized spacial score (nSPS) is 16.5. The number of carbonyl (C=O) groups excluding carboxylic acids is 1. The van der Waals surface area contributed by atoms with Gasteiger partial charge in [0.1, 0.15) is 5.75 Å². The van der Waals surface area contributed by atoms with Crippen LogP contribution in [-0.4, -0.2) is 27.5 Å². The van der Waals surface area contributed by atoms with E-state index in [1.165, 1.54) is 6.07 Å². The van der Waals surface area contributed by atoms with Gasteiger partial charge in [-0.2, -0.15) is 0 Å². The molecule has 0 spiro atoms. The Morgan fingerprint density at radius 2 is 1.96 bits per heavy atom. The Morgan fingerprint density at radius 1 is 1.12 bits per heavy atom. The van der Waals surface area contributed by atoms with Crippen molar-refractivity contribution in [2.75, 3.05) is 22.8 Å². The van der Waals surface area contributed by atoms with Crippen molar-refractivity contribution >= 4 is 38.9 Å². The van der Waals surface area contributed by atoms with Gasteiger partial charge in [-0.3, -0.25) is 9.52 Å². The van der Waals surface area contributed by atoms with E-state index in [0.717, 1.165) is 17.7 Å². The van der Waals surface area contributed by atoms with Crippen molar-refractivity contribution < 1.29 is 17.9 Å². The summed E-state index contributed by atoms with van der Waals surface area (Å²) in [5.74, 6) is 0.747. The fourth-order valence-electron chi connectivity index (χ4n) is 3.21. The number of ether oxygens (including phenoxy) is 1. The molecular formula is C18H17ClN2O4S. The summed E-state index contributed by atoms with van der Waals surface area (Å²) in [6.45, 7) is 1.18. The molecule has 2 aliphatic rings. The minimum atomic E-state index is -3.80. The second-order valence-corrected chi connectivity index (χ2v) is 8.38. The molecule has 1 N–H and O–H groups in total. The van der Waals surface area contributed by atoms with Crippen molar-refractivity contribution in [3.63, 3.8) is 0 Å². The van der Waals surface area contributed by atoms with Crippen LogP contribution < -0.4 is 14.4 Å². The Kier molecular flexibility index (Phi) is 4.28. The lowest BCUT2D eigenvalue weighted by Crippen LogP contribution is -2.24. The number of nitrogens with zero attached hydrogens (tertiary/aromatic N) is 1. The molecular weight excluding hydrogens is 376 g/mol. The van der Waals surface area contributed by atoms with Crippen molar-refractivity contribution in [2.24, 2.45) is 0 Å². The highest BCUT2D eigenvalue weighted by molar-refractivity contribution is 7.92. The molecule has 0 atom stereocenters. The average molecular weight is 393 g/mol. The first-order valence-corrected chi connectivity index (χ1v) is 10.2. The summed E-state index contributed by atoms with van der Waals surface area (Å²) in [5.41, 5.74) is 1.76. The number of anilines is 2. The van der Waals surface area contributed by atoms with Gasteiger partial charge in [-0.05, 0) is 48.4 Å². The smallest absolute Gasteiger partial charge is 0.261 e. The monoisotopic (exact) mass is 392 g/mol. The summed E-state index contributed by atoms with van der Waals surface area (Å²) in [4.78, 5) is 13.7. The van der Waals surface area contributed by atoms with E-state index in [-0.39, 0.29) is 21.5 Å². The van der Waals surface area contributed by atoms with Gasteiger partial charge in [-0.1, -0.05) is 11.6 Å². The Bertz CT molecular complexity index is 991. The van der Waals surface area contributed by atoms with Crippen LogP contribution >= 0.6 is 11.6 Å². The van der Waals surface area contributed by atoms with Gasteiger partial charge in [0, 0.05) is 25.1 Å². The van der Waals surface area contributed by atoms with Crippen molar-refractivity contribution in [1.29, 1.82) is 0 Å². The van der Waals surface area contributed by atoms with Crippen molar-refractivity contribution in [1.82, 2.24) is 0 Å². The molecule has 0 bridgehead atoms. The zero-order valence-electron chi connectivity index (χ0n) is 13.9. The zero-order chi connectivity index (χ0) is 18.3. The quantitative estimate of drug-likeness (QED) is 0.866. The van der Waals surface area contributed by atoms with Gasteiger partial charge < -0.3 is 9.64 Å². The lowest BCUT2D eigenvalue weighted by Gasteiger charge is -2.18. The Morgan fingerprint density at radius 3 is 2.73 bits per heavy atom. The molecule has 2 aromatic carbocycles. The van der Waals surface area contributed by atoms with Gasteiger partial charge in [-0.15, -0.1) is 0 Å². The molecule has 2 heterocycles. The molecule has 6 nitrogen and oxygen atoms in total. The fourth-order valence-corrected chi connectivity index (χ4v) is 4.56. The van der Waals surface area contributed by atoms with Gasteiger partial charge in [0.15, 0.2) is 0 Å².